The van der Waals surface area contributed by atoms with E-state index in [1.807, 2.05) is 65.6 Å². The van der Waals surface area contributed by atoms with Crippen LogP contribution in [0.25, 0.3) is 6.08 Å². The molecule has 2 heterocycles. The number of halogens is 3. The van der Waals surface area contributed by atoms with Crippen LogP contribution in [0, 0.1) is 0 Å². The minimum Gasteiger partial charge on any atom is -0.353 e. The Balaban J connectivity index is 1.42. The number of pyridine rings is 1. The van der Waals surface area contributed by atoms with Crippen LogP contribution >= 0.6 is 0 Å². The molecule has 5 rings (SSSR count). The molecule has 4 aromatic rings. The first-order valence-corrected chi connectivity index (χ1v) is 16.9. The lowest BCUT2D eigenvalue weighted by Crippen LogP contribution is -2.56. The third kappa shape index (κ3) is 10.0. The monoisotopic (exact) mass is 668 g/mol. The standard InChI is InChI=1S/C40H43F3N4O2/c1-2-3-5-10-31-14-16-34(17-15-31)30-47(38(48)23-20-32-18-21-35(22-19-32)40(41,42)43)36(29-33-11-6-4-7-12-33)39(49)46-27-25-45(26-28-46)37-13-8-9-24-44-37/h4,6-9,11-24,36H,2-3,5,10,25-30H2,1H3/t36-/m0/s1. The maximum Gasteiger partial charge on any atom is 0.416 e. The molecule has 49 heavy (non-hydrogen) atoms. The van der Waals surface area contributed by atoms with E-state index in [9.17, 15) is 22.8 Å². The Labute approximate surface area is 286 Å². The molecule has 0 radical (unpaired) electrons. The second-order valence-corrected chi connectivity index (χ2v) is 12.4. The molecule has 0 saturated carbocycles. The normalized spacial score (nSPS) is 14.2. The van der Waals surface area contributed by atoms with Crippen molar-refractivity contribution >= 4 is 23.7 Å². The topological polar surface area (TPSA) is 56.8 Å². The van der Waals surface area contributed by atoms with Gasteiger partial charge in [0, 0.05) is 51.4 Å². The third-order valence-electron chi connectivity index (χ3n) is 8.88. The SMILES string of the molecule is CCCCCc1ccc(CN(C(=O)C=Cc2ccc(C(F)(F)F)cc2)[C@@H](Cc2ccccc2)C(=O)N2CCN(c3ccccn3)CC2)cc1. The van der Waals surface area contributed by atoms with Gasteiger partial charge in [-0.05, 0) is 65.4 Å². The van der Waals surface area contributed by atoms with Crippen molar-refractivity contribution in [2.24, 2.45) is 0 Å². The summed E-state index contributed by atoms with van der Waals surface area (Å²) in [5.74, 6) is 0.323. The summed E-state index contributed by atoms with van der Waals surface area (Å²) in [4.78, 5) is 38.6. The van der Waals surface area contributed by atoms with Crippen LogP contribution in [0.15, 0.2) is 109 Å². The number of nitrogens with zero attached hydrogens (tertiary/aromatic N) is 4. The Morgan fingerprint density at radius 3 is 2.12 bits per heavy atom. The molecule has 1 aliphatic heterocycles. The number of aromatic nitrogens is 1. The highest BCUT2D eigenvalue weighted by Gasteiger charge is 2.34. The fourth-order valence-corrected chi connectivity index (χ4v) is 6.05. The summed E-state index contributed by atoms with van der Waals surface area (Å²) in [6.45, 7) is 4.56. The zero-order valence-corrected chi connectivity index (χ0v) is 27.9. The van der Waals surface area contributed by atoms with Crippen LogP contribution in [-0.4, -0.2) is 58.8 Å². The molecule has 1 aliphatic rings. The first-order valence-electron chi connectivity index (χ1n) is 16.9. The van der Waals surface area contributed by atoms with Crippen LogP contribution in [0.1, 0.15) is 54.0 Å². The number of anilines is 1. The zero-order valence-electron chi connectivity index (χ0n) is 27.9. The molecule has 0 aliphatic carbocycles. The number of alkyl halides is 3. The second-order valence-electron chi connectivity index (χ2n) is 12.4. The summed E-state index contributed by atoms with van der Waals surface area (Å²) in [6.07, 6.45) is 4.86. The Morgan fingerprint density at radius 1 is 0.816 bits per heavy atom. The lowest BCUT2D eigenvalue weighted by atomic mass is 10.0. The van der Waals surface area contributed by atoms with E-state index >= 15 is 0 Å². The molecular weight excluding hydrogens is 625 g/mol. The average molecular weight is 669 g/mol. The number of unbranched alkanes of at least 4 members (excludes halogenated alkanes) is 2. The average Bonchev–Trinajstić information content (AvgIpc) is 3.13. The summed E-state index contributed by atoms with van der Waals surface area (Å²) < 4.78 is 39.4. The molecule has 1 atom stereocenters. The Bertz CT molecular complexity index is 1650. The van der Waals surface area contributed by atoms with Gasteiger partial charge in [0.1, 0.15) is 11.9 Å². The molecule has 2 amide bonds. The van der Waals surface area contributed by atoms with Crippen molar-refractivity contribution in [1.82, 2.24) is 14.8 Å². The number of carbonyl (C=O) groups is 2. The Morgan fingerprint density at radius 2 is 1.49 bits per heavy atom. The van der Waals surface area contributed by atoms with E-state index in [2.05, 4.69) is 28.9 Å². The first kappa shape index (κ1) is 35.4. The van der Waals surface area contributed by atoms with E-state index in [-0.39, 0.29) is 12.5 Å². The van der Waals surface area contributed by atoms with Gasteiger partial charge in [0.15, 0.2) is 0 Å². The summed E-state index contributed by atoms with van der Waals surface area (Å²) in [7, 11) is 0. The van der Waals surface area contributed by atoms with E-state index in [0.717, 1.165) is 54.8 Å². The third-order valence-corrected chi connectivity index (χ3v) is 8.88. The van der Waals surface area contributed by atoms with Gasteiger partial charge in [-0.25, -0.2) is 4.98 Å². The van der Waals surface area contributed by atoms with Crippen LogP contribution in [0.3, 0.4) is 0 Å². The summed E-state index contributed by atoms with van der Waals surface area (Å²) in [5.41, 5.74) is 2.73. The number of carbonyl (C=O) groups excluding carboxylic acids is 2. The zero-order chi connectivity index (χ0) is 34.6. The van der Waals surface area contributed by atoms with Crippen molar-refractivity contribution in [3.05, 3.63) is 137 Å². The van der Waals surface area contributed by atoms with Crippen molar-refractivity contribution in [2.45, 2.75) is 57.8 Å². The molecule has 6 nitrogen and oxygen atoms in total. The molecule has 1 saturated heterocycles. The molecule has 0 bridgehead atoms. The van der Waals surface area contributed by atoms with Gasteiger partial charge in [0.05, 0.1) is 5.56 Å². The maximum absolute atomic E-state index is 14.5. The Kier molecular flexibility index (Phi) is 12.2. The molecule has 256 valence electrons. The smallest absolute Gasteiger partial charge is 0.353 e. The number of benzene rings is 3. The number of piperazine rings is 1. The molecule has 0 unspecified atom stereocenters. The number of amides is 2. The first-order chi connectivity index (χ1) is 23.7. The van der Waals surface area contributed by atoms with Crippen molar-refractivity contribution in [3.8, 4) is 0 Å². The number of hydrogen-bond donors (Lipinski definition) is 0. The van der Waals surface area contributed by atoms with Crippen molar-refractivity contribution in [2.75, 3.05) is 31.1 Å². The summed E-state index contributed by atoms with van der Waals surface area (Å²) in [5, 5.41) is 0. The molecule has 9 heteroatoms. The van der Waals surface area contributed by atoms with E-state index in [1.54, 1.807) is 11.1 Å². The highest BCUT2D eigenvalue weighted by molar-refractivity contribution is 5.95. The Hall–Kier alpha value is -4.92. The molecule has 3 aromatic carbocycles. The van der Waals surface area contributed by atoms with E-state index < -0.39 is 23.7 Å². The minimum atomic E-state index is -4.45. The maximum atomic E-state index is 14.5. The molecular formula is C40H43F3N4O2. The molecule has 0 spiro atoms. The molecule has 0 N–H and O–H groups in total. The fourth-order valence-electron chi connectivity index (χ4n) is 6.05. The second kappa shape index (κ2) is 17.0. The number of hydrogen-bond acceptors (Lipinski definition) is 4. The largest absolute Gasteiger partial charge is 0.416 e. The summed E-state index contributed by atoms with van der Waals surface area (Å²) >= 11 is 0. The summed E-state index contributed by atoms with van der Waals surface area (Å²) in [6, 6.07) is 27.4. The van der Waals surface area contributed by atoms with Crippen molar-refractivity contribution in [3.63, 3.8) is 0 Å². The van der Waals surface area contributed by atoms with Crippen LogP contribution < -0.4 is 4.90 Å². The van der Waals surface area contributed by atoms with E-state index in [0.29, 0.717) is 38.2 Å². The lowest BCUT2D eigenvalue weighted by Gasteiger charge is -2.39. The predicted molar refractivity (Wildman–Crippen MR) is 188 cm³/mol. The van der Waals surface area contributed by atoms with Crippen molar-refractivity contribution < 1.29 is 22.8 Å². The molecule has 1 fully saturated rings. The molecule has 1 aromatic heterocycles. The van der Waals surface area contributed by atoms with Crippen LogP contribution in [-0.2, 0) is 35.2 Å². The van der Waals surface area contributed by atoms with Gasteiger partial charge >= 0.3 is 6.18 Å². The minimum absolute atomic E-state index is 0.142. The van der Waals surface area contributed by atoms with Gasteiger partial charge in [0.2, 0.25) is 11.8 Å². The van der Waals surface area contributed by atoms with Gasteiger partial charge in [0.25, 0.3) is 0 Å². The van der Waals surface area contributed by atoms with Crippen LogP contribution in [0.2, 0.25) is 0 Å². The van der Waals surface area contributed by atoms with Gasteiger partial charge in [-0.3, -0.25) is 9.59 Å². The van der Waals surface area contributed by atoms with Gasteiger partial charge in [-0.1, -0.05) is 92.6 Å². The van der Waals surface area contributed by atoms with Gasteiger partial charge in [-0.2, -0.15) is 13.2 Å². The quantitative estimate of drug-likeness (QED) is 0.108. The lowest BCUT2D eigenvalue weighted by molar-refractivity contribution is -0.144. The van der Waals surface area contributed by atoms with E-state index in [4.69, 9.17) is 0 Å². The predicted octanol–water partition coefficient (Wildman–Crippen LogP) is 7.84. The van der Waals surface area contributed by atoms with Crippen LogP contribution in [0.4, 0.5) is 19.0 Å². The van der Waals surface area contributed by atoms with Crippen molar-refractivity contribution in [1.29, 1.82) is 0 Å². The number of rotatable bonds is 13. The van der Waals surface area contributed by atoms with Gasteiger partial charge < -0.3 is 14.7 Å². The highest BCUT2D eigenvalue weighted by Crippen LogP contribution is 2.29. The van der Waals surface area contributed by atoms with Gasteiger partial charge in [-0.15, -0.1) is 0 Å². The van der Waals surface area contributed by atoms with Crippen LogP contribution in [0.5, 0.6) is 0 Å². The fraction of sp³-hybridized carbons (Fsp3) is 0.325. The highest BCUT2D eigenvalue weighted by atomic mass is 19.4. The van der Waals surface area contributed by atoms with E-state index in [1.165, 1.54) is 29.8 Å². The number of aryl methyl sites for hydroxylation is 1.